The third-order valence-electron chi connectivity index (χ3n) is 2.77. The van der Waals surface area contributed by atoms with Gasteiger partial charge >= 0.3 is 5.97 Å². The van der Waals surface area contributed by atoms with Crippen LogP contribution in [0, 0.1) is 5.92 Å². The number of rotatable bonds is 6. The maximum atomic E-state index is 11.1. The van der Waals surface area contributed by atoms with Gasteiger partial charge in [0.05, 0.1) is 18.6 Å². The lowest BCUT2D eigenvalue weighted by molar-refractivity contribution is 0.0689. The molecular weight excluding hydrogens is 246 g/mol. The van der Waals surface area contributed by atoms with Crippen molar-refractivity contribution < 1.29 is 9.90 Å². The zero-order valence-electron chi connectivity index (χ0n) is 11.0. The monoisotopic (exact) mass is 263 g/mol. The van der Waals surface area contributed by atoms with Gasteiger partial charge in [-0.05, 0) is 12.3 Å². The number of hydrogen-bond donors (Lipinski definition) is 1. The Morgan fingerprint density at radius 2 is 2.21 bits per heavy atom. The predicted molar refractivity (Wildman–Crippen MR) is 67.8 cm³/mol. The van der Waals surface area contributed by atoms with E-state index in [-0.39, 0.29) is 5.69 Å². The molecule has 0 saturated heterocycles. The number of aromatic carboxylic acids is 1. The van der Waals surface area contributed by atoms with Crippen LogP contribution in [-0.2, 0) is 19.5 Å². The van der Waals surface area contributed by atoms with Gasteiger partial charge in [-0.1, -0.05) is 19.1 Å². The molecule has 0 radical (unpaired) electrons. The van der Waals surface area contributed by atoms with Crippen LogP contribution < -0.4 is 0 Å². The minimum atomic E-state index is -1.02. The van der Waals surface area contributed by atoms with E-state index in [1.54, 1.807) is 17.2 Å². The number of carbonyl (C=O) groups is 1. The third-order valence-corrected chi connectivity index (χ3v) is 2.77. The molecule has 2 aromatic rings. The zero-order valence-corrected chi connectivity index (χ0v) is 11.0. The second-order valence-electron chi connectivity index (χ2n) is 4.81. The van der Waals surface area contributed by atoms with Crippen molar-refractivity contribution in [2.45, 2.75) is 33.4 Å². The lowest BCUT2D eigenvalue weighted by atomic mass is 10.1. The zero-order chi connectivity index (χ0) is 13.8. The van der Waals surface area contributed by atoms with Crippen molar-refractivity contribution in [1.29, 1.82) is 0 Å². The molecule has 1 N–H and O–H groups in total. The molecule has 0 saturated carbocycles. The highest BCUT2D eigenvalue weighted by atomic mass is 16.4. The predicted octanol–water partition coefficient (Wildman–Crippen LogP) is 1.07. The van der Waals surface area contributed by atoms with Gasteiger partial charge in [0.2, 0.25) is 0 Å². The quantitative estimate of drug-likeness (QED) is 0.842. The molecule has 0 unspecified atom stereocenters. The third kappa shape index (κ3) is 3.18. The fraction of sp³-hybridized carbons (Fsp3) is 0.500. The summed E-state index contributed by atoms with van der Waals surface area (Å²) in [5.74, 6) is -0.673. The molecule has 2 heterocycles. The Labute approximate surface area is 110 Å². The van der Waals surface area contributed by atoms with E-state index in [4.69, 9.17) is 5.11 Å². The molecule has 7 nitrogen and oxygen atoms in total. The first-order valence-electron chi connectivity index (χ1n) is 6.19. The van der Waals surface area contributed by atoms with Crippen molar-refractivity contribution in [3.05, 3.63) is 30.1 Å². The van der Waals surface area contributed by atoms with Gasteiger partial charge in [-0.15, -0.1) is 5.10 Å². The van der Waals surface area contributed by atoms with Crippen LogP contribution in [0.3, 0.4) is 0 Å². The number of nitrogens with zero attached hydrogens (tertiary/aromatic N) is 5. The van der Waals surface area contributed by atoms with Gasteiger partial charge in [0.15, 0.2) is 5.69 Å². The van der Waals surface area contributed by atoms with Crippen LogP contribution in [0.2, 0.25) is 0 Å². The first-order valence-corrected chi connectivity index (χ1v) is 6.19. The lowest BCUT2D eigenvalue weighted by Crippen LogP contribution is -2.14. The summed E-state index contributed by atoms with van der Waals surface area (Å²) in [5.41, 5.74) is 0.738. The Hall–Kier alpha value is -2.18. The fourth-order valence-electron chi connectivity index (χ4n) is 1.90. The van der Waals surface area contributed by atoms with E-state index in [9.17, 15) is 4.79 Å². The topological polar surface area (TPSA) is 85.8 Å². The molecule has 7 heteroatoms. The number of aryl methyl sites for hydroxylation is 2. The van der Waals surface area contributed by atoms with Crippen molar-refractivity contribution in [1.82, 2.24) is 24.5 Å². The van der Waals surface area contributed by atoms with E-state index in [2.05, 4.69) is 15.3 Å². The van der Waals surface area contributed by atoms with E-state index < -0.39 is 5.97 Å². The second-order valence-corrected chi connectivity index (χ2v) is 4.81. The van der Waals surface area contributed by atoms with E-state index >= 15 is 0 Å². The smallest absolute Gasteiger partial charge is 0.358 e. The molecule has 0 aliphatic rings. The Bertz CT molecular complexity index is 544. The molecule has 0 atom stereocenters. The van der Waals surface area contributed by atoms with E-state index in [0.29, 0.717) is 31.1 Å². The number of aromatic nitrogens is 5. The molecule has 2 rings (SSSR count). The van der Waals surface area contributed by atoms with Crippen LogP contribution in [0.4, 0.5) is 0 Å². The summed E-state index contributed by atoms with van der Waals surface area (Å²) in [6.07, 6.45) is 5.94. The van der Waals surface area contributed by atoms with Gasteiger partial charge in [0.25, 0.3) is 0 Å². The Morgan fingerprint density at radius 1 is 1.42 bits per heavy atom. The van der Waals surface area contributed by atoms with Gasteiger partial charge in [0, 0.05) is 18.9 Å². The van der Waals surface area contributed by atoms with Crippen molar-refractivity contribution in [2.75, 3.05) is 0 Å². The SMILES string of the molecule is CC(C)Cc1c(C(=O)O)nnn1CCn1ccnc1. The molecule has 2 aromatic heterocycles. The molecule has 0 spiro atoms. The van der Waals surface area contributed by atoms with Crippen LogP contribution in [-0.4, -0.2) is 35.6 Å². The first kappa shape index (κ1) is 13.3. The van der Waals surface area contributed by atoms with Crippen LogP contribution in [0.1, 0.15) is 30.0 Å². The Balaban J connectivity index is 2.17. The molecule has 0 aliphatic carbocycles. The molecule has 102 valence electrons. The molecule has 0 aliphatic heterocycles. The normalized spacial score (nSPS) is 11.1. The van der Waals surface area contributed by atoms with E-state index in [1.807, 2.05) is 24.6 Å². The summed E-state index contributed by atoms with van der Waals surface area (Å²) in [6, 6.07) is 0. The minimum Gasteiger partial charge on any atom is -0.476 e. The van der Waals surface area contributed by atoms with Crippen molar-refractivity contribution in [2.24, 2.45) is 5.92 Å². The molecular formula is C12H17N5O2. The summed E-state index contributed by atoms with van der Waals surface area (Å²) >= 11 is 0. The number of hydrogen-bond acceptors (Lipinski definition) is 4. The number of carboxylic acids is 1. The standard InChI is InChI=1S/C12H17N5O2/c1-9(2)7-10-11(12(18)19)14-15-17(10)6-5-16-4-3-13-8-16/h3-4,8-9H,5-7H2,1-2H3,(H,18,19). The highest BCUT2D eigenvalue weighted by Gasteiger charge is 2.19. The van der Waals surface area contributed by atoms with Crippen LogP contribution in [0.5, 0.6) is 0 Å². The summed E-state index contributed by atoms with van der Waals surface area (Å²) in [7, 11) is 0. The summed E-state index contributed by atoms with van der Waals surface area (Å²) in [6.45, 7) is 5.35. The highest BCUT2D eigenvalue weighted by Crippen LogP contribution is 2.12. The second kappa shape index (κ2) is 5.64. The molecule has 0 amide bonds. The summed E-state index contributed by atoms with van der Waals surface area (Å²) < 4.78 is 3.59. The van der Waals surface area contributed by atoms with Gasteiger partial charge in [0.1, 0.15) is 0 Å². The van der Waals surface area contributed by atoms with Crippen LogP contribution in [0.15, 0.2) is 18.7 Å². The van der Waals surface area contributed by atoms with Crippen LogP contribution >= 0.6 is 0 Å². The highest BCUT2D eigenvalue weighted by molar-refractivity contribution is 5.86. The fourth-order valence-corrected chi connectivity index (χ4v) is 1.90. The summed E-state index contributed by atoms with van der Waals surface area (Å²) in [5, 5.41) is 16.8. The number of imidazole rings is 1. The number of carboxylic acid groups (broad SMARTS) is 1. The Morgan fingerprint density at radius 3 is 2.79 bits per heavy atom. The molecule has 19 heavy (non-hydrogen) atoms. The van der Waals surface area contributed by atoms with Gasteiger partial charge in [-0.25, -0.2) is 14.5 Å². The van der Waals surface area contributed by atoms with Gasteiger partial charge < -0.3 is 9.67 Å². The first-order chi connectivity index (χ1) is 9.08. The lowest BCUT2D eigenvalue weighted by Gasteiger charge is -2.09. The maximum absolute atomic E-state index is 11.1. The van der Waals surface area contributed by atoms with Gasteiger partial charge in [-0.2, -0.15) is 0 Å². The minimum absolute atomic E-state index is 0.0549. The molecule has 0 fully saturated rings. The van der Waals surface area contributed by atoms with Crippen LogP contribution in [0.25, 0.3) is 0 Å². The van der Waals surface area contributed by atoms with Crippen molar-refractivity contribution in [3.63, 3.8) is 0 Å². The largest absolute Gasteiger partial charge is 0.476 e. The Kier molecular flexibility index (Phi) is 3.94. The van der Waals surface area contributed by atoms with Crippen molar-refractivity contribution in [3.8, 4) is 0 Å². The van der Waals surface area contributed by atoms with Crippen molar-refractivity contribution >= 4 is 5.97 Å². The van der Waals surface area contributed by atoms with E-state index in [1.165, 1.54) is 0 Å². The average molecular weight is 263 g/mol. The van der Waals surface area contributed by atoms with E-state index in [0.717, 1.165) is 0 Å². The molecule has 0 aromatic carbocycles. The van der Waals surface area contributed by atoms with Gasteiger partial charge in [-0.3, -0.25) is 0 Å². The molecule has 0 bridgehead atoms. The summed E-state index contributed by atoms with van der Waals surface area (Å²) in [4.78, 5) is 15.1. The average Bonchev–Trinajstić information content (AvgIpc) is 2.94. The maximum Gasteiger partial charge on any atom is 0.358 e.